The van der Waals surface area contributed by atoms with Crippen molar-refractivity contribution in [3.63, 3.8) is 0 Å². The summed E-state index contributed by atoms with van der Waals surface area (Å²) in [6.45, 7) is 4.65. The predicted molar refractivity (Wildman–Crippen MR) is 107 cm³/mol. The molecule has 0 aromatic carbocycles. The van der Waals surface area contributed by atoms with E-state index in [0.717, 1.165) is 32.7 Å². The molecular formula is C19H16ClN5OS. The first-order valence-electron chi connectivity index (χ1n) is 8.55. The highest BCUT2D eigenvalue weighted by Crippen LogP contribution is 2.43. The van der Waals surface area contributed by atoms with Crippen LogP contribution in [-0.2, 0) is 5.54 Å². The molecule has 6 nitrogen and oxygen atoms in total. The third kappa shape index (κ3) is 2.42. The zero-order valence-electron chi connectivity index (χ0n) is 14.7. The lowest BCUT2D eigenvalue weighted by Crippen LogP contribution is -2.48. The SMILES string of the molecule is CC1(C)CNC(=O)c2c(-c3ccc(Cl)s3)c(-c3ccnc4cc[nH]c34)nn21. The van der Waals surface area contributed by atoms with Crippen molar-refractivity contribution in [2.24, 2.45) is 0 Å². The number of rotatable bonds is 2. The van der Waals surface area contributed by atoms with Crippen LogP contribution in [0.15, 0.2) is 36.7 Å². The second-order valence-electron chi connectivity index (χ2n) is 7.18. The van der Waals surface area contributed by atoms with Crippen molar-refractivity contribution in [2.75, 3.05) is 6.54 Å². The minimum atomic E-state index is -0.334. The van der Waals surface area contributed by atoms with Gasteiger partial charge in [0.1, 0.15) is 11.4 Å². The smallest absolute Gasteiger partial charge is 0.270 e. The molecule has 0 radical (unpaired) electrons. The van der Waals surface area contributed by atoms with Gasteiger partial charge in [-0.15, -0.1) is 11.3 Å². The van der Waals surface area contributed by atoms with E-state index in [0.29, 0.717) is 16.6 Å². The number of halogens is 1. The minimum absolute atomic E-state index is 0.121. The Kier molecular flexibility index (Phi) is 3.47. The number of pyridine rings is 1. The number of hydrogen-bond acceptors (Lipinski definition) is 4. The molecule has 136 valence electrons. The molecule has 0 bridgehead atoms. The highest BCUT2D eigenvalue weighted by atomic mass is 35.5. The lowest BCUT2D eigenvalue weighted by Gasteiger charge is -2.31. The molecule has 1 aliphatic rings. The molecule has 2 N–H and O–H groups in total. The highest BCUT2D eigenvalue weighted by Gasteiger charge is 2.37. The Morgan fingerprint density at radius 3 is 2.89 bits per heavy atom. The van der Waals surface area contributed by atoms with Gasteiger partial charge in [0.2, 0.25) is 0 Å². The number of H-pyrrole nitrogens is 1. The van der Waals surface area contributed by atoms with Crippen LogP contribution in [-0.4, -0.2) is 32.2 Å². The van der Waals surface area contributed by atoms with Crippen molar-refractivity contribution < 1.29 is 4.79 Å². The molecule has 0 saturated heterocycles. The quantitative estimate of drug-likeness (QED) is 0.530. The summed E-state index contributed by atoms with van der Waals surface area (Å²) in [5.41, 5.74) is 4.46. The summed E-state index contributed by atoms with van der Waals surface area (Å²) in [4.78, 5) is 21.4. The van der Waals surface area contributed by atoms with Gasteiger partial charge in [-0.3, -0.25) is 14.5 Å². The van der Waals surface area contributed by atoms with Gasteiger partial charge < -0.3 is 10.3 Å². The summed E-state index contributed by atoms with van der Waals surface area (Å²) >= 11 is 7.65. The fraction of sp³-hybridized carbons (Fsp3) is 0.211. The molecule has 1 aliphatic heterocycles. The van der Waals surface area contributed by atoms with Crippen LogP contribution in [0.4, 0.5) is 0 Å². The standard InChI is InChI=1S/C19H16ClN5OS/c1-19(2)9-23-18(26)17-14(12-3-4-13(20)27-12)16(24-25(17)19)10-5-7-21-11-6-8-22-15(10)11/h3-8,22H,9H2,1-2H3,(H,23,26). The number of nitrogens with one attached hydrogen (secondary N) is 2. The molecule has 5 heterocycles. The molecule has 8 heteroatoms. The molecule has 0 spiro atoms. The van der Waals surface area contributed by atoms with Gasteiger partial charge >= 0.3 is 0 Å². The normalized spacial score (nSPS) is 15.7. The van der Waals surface area contributed by atoms with Gasteiger partial charge in [0.05, 0.1) is 26.5 Å². The average Bonchev–Trinajstić information content (AvgIpc) is 3.35. The summed E-state index contributed by atoms with van der Waals surface area (Å²) in [5.74, 6) is -0.121. The van der Waals surface area contributed by atoms with Crippen LogP contribution in [0.5, 0.6) is 0 Å². The van der Waals surface area contributed by atoms with Crippen LogP contribution in [0.3, 0.4) is 0 Å². The first kappa shape index (κ1) is 16.5. The largest absolute Gasteiger partial charge is 0.359 e. The Bertz CT molecular complexity index is 1200. The molecule has 1 amide bonds. The van der Waals surface area contributed by atoms with E-state index in [1.807, 2.05) is 35.1 Å². The topological polar surface area (TPSA) is 75.6 Å². The number of carbonyl (C=O) groups is 1. The van der Waals surface area contributed by atoms with Gasteiger partial charge in [-0.25, -0.2) is 0 Å². The fourth-order valence-electron chi connectivity index (χ4n) is 3.55. The predicted octanol–water partition coefficient (Wildman–Crippen LogP) is 4.29. The summed E-state index contributed by atoms with van der Waals surface area (Å²) < 4.78 is 2.52. The second-order valence-corrected chi connectivity index (χ2v) is 8.89. The molecule has 4 aromatic heterocycles. The van der Waals surface area contributed by atoms with E-state index in [1.165, 1.54) is 11.3 Å². The van der Waals surface area contributed by atoms with Crippen LogP contribution in [0.25, 0.3) is 32.7 Å². The number of nitrogens with zero attached hydrogens (tertiary/aromatic N) is 3. The van der Waals surface area contributed by atoms with Crippen molar-refractivity contribution in [1.29, 1.82) is 0 Å². The Morgan fingerprint density at radius 1 is 1.26 bits per heavy atom. The monoisotopic (exact) mass is 397 g/mol. The van der Waals surface area contributed by atoms with Gasteiger partial charge in [-0.05, 0) is 38.1 Å². The van der Waals surface area contributed by atoms with Crippen LogP contribution in [0.1, 0.15) is 24.3 Å². The average molecular weight is 398 g/mol. The third-order valence-corrected chi connectivity index (χ3v) is 6.13. The summed E-state index contributed by atoms with van der Waals surface area (Å²) in [6.07, 6.45) is 3.62. The zero-order valence-corrected chi connectivity index (χ0v) is 16.3. The summed E-state index contributed by atoms with van der Waals surface area (Å²) in [5, 5.41) is 7.91. The minimum Gasteiger partial charge on any atom is -0.359 e. The van der Waals surface area contributed by atoms with E-state index >= 15 is 0 Å². The van der Waals surface area contributed by atoms with Crippen LogP contribution in [0, 0.1) is 0 Å². The second kappa shape index (κ2) is 5.68. The van der Waals surface area contributed by atoms with Crippen LogP contribution >= 0.6 is 22.9 Å². The van der Waals surface area contributed by atoms with Crippen molar-refractivity contribution in [2.45, 2.75) is 19.4 Å². The Balaban J connectivity index is 1.89. The van der Waals surface area contributed by atoms with E-state index in [9.17, 15) is 4.79 Å². The summed E-state index contributed by atoms with van der Waals surface area (Å²) in [7, 11) is 0. The number of thiophene rings is 1. The molecule has 0 fully saturated rings. The molecular weight excluding hydrogens is 382 g/mol. The molecule has 0 unspecified atom stereocenters. The highest BCUT2D eigenvalue weighted by molar-refractivity contribution is 7.19. The maximum Gasteiger partial charge on any atom is 0.270 e. The number of aromatic amines is 1. The summed E-state index contributed by atoms with van der Waals surface area (Å²) in [6, 6.07) is 7.64. The lowest BCUT2D eigenvalue weighted by molar-refractivity contribution is 0.0878. The molecule has 4 aromatic rings. The van der Waals surface area contributed by atoms with Gasteiger partial charge in [0.15, 0.2) is 0 Å². The van der Waals surface area contributed by atoms with Gasteiger partial charge in [-0.2, -0.15) is 5.10 Å². The number of aromatic nitrogens is 4. The Hall–Kier alpha value is -2.64. The van der Waals surface area contributed by atoms with E-state index < -0.39 is 0 Å². The van der Waals surface area contributed by atoms with Crippen molar-refractivity contribution in [1.82, 2.24) is 25.1 Å². The van der Waals surface area contributed by atoms with Crippen LogP contribution < -0.4 is 5.32 Å². The molecule has 27 heavy (non-hydrogen) atoms. The Labute approximate surface area is 164 Å². The molecule has 5 rings (SSSR count). The molecule has 0 atom stereocenters. The van der Waals surface area contributed by atoms with Gasteiger partial charge in [-0.1, -0.05) is 11.6 Å². The number of amides is 1. The van der Waals surface area contributed by atoms with E-state index in [1.54, 1.807) is 6.20 Å². The fourth-order valence-corrected chi connectivity index (χ4v) is 4.64. The third-order valence-electron chi connectivity index (χ3n) is 4.88. The maximum atomic E-state index is 12.8. The van der Waals surface area contributed by atoms with Crippen molar-refractivity contribution in [3.8, 4) is 21.7 Å². The van der Waals surface area contributed by atoms with Gasteiger partial charge in [0, 0.05) is 29.4 Å². The van der Waals surface area contributed by atoms with E-state index in [2.05, 4.69) is 29.1 Å². The molecule has 0 aliphatic carbocycles. The van der Waals surface area contributed by atoms with E-state index in [4.69, 9.17) is 16.7 Å². The zero-order chi connectivity index (χ0) is 18.8. The van der Waals surface area contributed by atoms with Gasteiger partial charge in [0.25, 0.3) is 5.91 Å². The van der Waals surface area contributed by atoms with Crippen molar-refractivity contribution >= 4 is 39.9 Å². The lowest BCUT2D eigenvalue weighted by atomic mass is 9.99. The van der Waals surface area contributed by atoms with Crippen LogP contribution in [0.2, 0.25) is 4.34 Å². The van der Waals surface area contributed by atoms with Crippen molar-refractivity contribution in [3.05, 3.63) is 46.7 Å². The number of fused-ring (bicyclic) bond motifs is 2. The first-order valence-corrected chi connectivity index (χ1v) is 9.75. The molecule has 0 saturated carbocycles. The van der Waals surface area contributed by atoms with E-state index in [-0.39, 0.29) is 11.4 Å². The first-order chi connectivity index (χ1) is 13.0. The Morgan fingerprint density at radius 2 is 2.11 bits per heavy atom. The number of carbonyl (C=O) groups excluding carboxylic acids is 1. The maximum absolute atomic E-state index is 12.8. The number of hydrogen-bond donors (Lipinski definition) is 2.